The van der Waals surface area contributed by atoms with Crippen LogP contribution in [-0.4, -0.2) is 90.0 Å². The first-order valence-electron chi connectivity index (χ1n) is 8.68. The van der Waals surface area contributed by atoms with Crippen molar-refractivity contribution >= 4 is 17.0 Å². The predicted molar refractivity (Wildman–Crippen MR) is 92.5 cm³/mol. The Labute approximate surface area is 158 Å². The minimum atomic E-state index is -1.49. The van der Waals surface area contributed by atoms with E-state index >= 15 is 0 Å². The van der Waals surface area contributed by atoms with E-state index < -0.39 is 49.6 Å². The number of nitrogens with two attached hydrogens (primary N) is 1. The fourth-order valence-electron chi connectivity index (χ4n) is 3.19. The van der Waals surface area contributed by atoms with Crippen molar-refractivity contribution in [3.8, 4) is 0 Å². The second-order valence-corrected chi connectivity index (χ2v) is 6.56. The molecule has 6 N–H and O–H groups in total. The Morgan fingerprint density at radius 1 is 1.07 bits per heavy atom. The van der Waals surface area contributed by atoms with Crippen LogP contribution in [0.5, 0.6) is 0 Å². The lowest BCUT2D eigenvalue weighted by Gasteiger charge is -2.39. The van der Waals surface area contributed by atoms with Crippen molar-refractivity contribution < 1.29 is 34.6 Å². The van der Waals surface area contributed by atoms with E-state index in [9.17, 15) is 20.4 Å². The number of aliphatic hydroxyl groups is 4. The van der Waals surface area contributed by atoms with Crippen LogP contribution in [0, 0.1) is 0 Å². The summed E-state index contributed by atoms with van der Waals surface area (Å²) in [4.78, 5) is 12.3. The average Bonchev–Trinajstić information content (AvgIpc) is 3.33. The summed E-state index contributed by atoms with van der Waals surface area (Å²) in [5.74, 6) is 0.272. The average molecular weight is 395 g/mol. The molecule has 0 aliphatic carbocycles. The van der Waals surface area contributed by atoms with Crippen LogP contribution in [-0.2, 0) is 14.2 Å². The van der Waals surface area contributed by atoms with Gasteiger partial charge in [0, 0.05) is 0 Å². The smallest absolute Gasteiger partial charge is 0.186 e. The van der Waals surface area contributed by atoms with Crippen LogP contribution in [0.25, 0.3) is 11.2 Å². The Morgan fingerprint density at radius 3 is 2.68 bits per heavy atom. The van der Waals surface area contributed by atoms with Gasteiger partial charge in [0.2, 0.25) is 0 Å². The Balaban J connectivity index is 1.38. The molecule has 28 heavy (non-hydrogen) atoms. The third-order valence-corrected chi connectivity index (χ3v) is 4.74. The van der Waals surface area contributed by atoms with Gasteiger partial charge >= 0.3 is 0 Å². The van der Waals surface area contributed by atoms with Gasteiger partial charge in [-0.05, 0) is 6.08 Å². The number of aliphatic hydroxyl groups excluding tert-OH is 4. The number of aromatic nitrogens is 4. The molecule has 0 bridgehead atoms. The van der Waals surface area contributed by atoms with E-state index in [4.69, 9.17) is 19.9 Å². The number of ether oxygens (including phenoxy) is 3. The van der Waals surface area contributed by atoms with E-state index in [1.165, 1.54) is 6.33 Å². The van der Waals surface area contributed by atoms with Crippen molar-refractivity contribution in [2.45, 2.75) is 43.0 Å². The predicted octanol–water partition coefficient (Wildman–Crippen LogP) is -2.32. The van der Waals surface area contributed by atoms with Crippen molar-refractivity contribution in [1.82, 2.24) is 19.5 Å². The van der Waals surface area contributed by atoms with Gasteiger partial charge in [0.15, 0.2) is 24.0 Å². The maximum absolute atomic E-state index is 10.0. The molecule has 0 saturated carbocycles. The Bertz CT molecular complexity index is 859. The van der Waals surface area contributed by atoms with Crippen molar-refractivity contribution in [1.29, 1.82) is 0 Å². The number of nitrogens with zero attached hydrogens (tertiary/aromatic N) is 4. The summed E-state index contributed by atoms with van der Waals surface area (Å²) in [6.45, 7) is -0.509. The van der Waals surface area contributed by atoms with E-state index in [1.54, 1.807) is 23.0 Å². The van der Waals surface area contributed by atoms with Crippen molar-refractivity contribution in [2.75, 3.05) is 18.9 Å². The minimum Gasteiger partial charge on any atom is -0.394 e. The van der Waals surface area contributed by atoms with Crippen molar-refractivity contribution in [3.63, 3.8) is 0 Å². The van der Waals surface area contributed by atoms with E-state index in [0.717, 1.165) is 0 Å². The van der Waals surface area contributed by atoms with Gasteiger partial charge in [-0.2, -0.15) is 0 Å². The lowest BCUT2D eigenvalue weighted by molar-refractivity contribution is -0.304. The molecule has 12 heteroatoms. The summed E-state index contributed by atoms with van der Waals surface area (Å²) >= 11 is 0. The molecule has 7 atom stereocenters. The highest BCUT2D eigenvalue weighted by molar-refractivity contribution is 5.81. The first kappa shape index (κ1) is 19.1. The number of anilines is 1. The molecule has 2 aliphatic heterocycles. The van der Waals surface area contributed by atoms with Crippen LogP contribution in [0.3, 0.4) is 0 Å². The molecule has 2 aliphatic rings. The summed E-state index contributed by atoms with van der Waals surface area (Å²) in [5.41, 5.74) is 6.78. The second-order valence-electron chi connectivity index (χ2n) is 6.56. The molecule has 2 aromatic rings. The second kappa shape index (κ2) is 7.67. The molecule has 0 radical (unpaired) electrons. The van der Waals surface area contributed by atoms with Gasteiger partial charge in [0.05, 0.1) is 19.5 Å². The highest BCUT2D eigenvalue weighted by Gasteiger charge is 2.44. The summed E-state index contributed by atoms with van der Waals surface area (Å²) in [6.07, 6.45) is -1.13. The van der Waals surface area contributed by atoms with Crippen molar-refractivity contribution in [3.05, 3.63) is 24.8 Å². The zero-order valence-corrected chi connectivity index (χ0v) is 14.6. The Hall–Kier alpha value is -2.19. The number of hydrogen-bond acceptors (Lipinski definition) is 11. The van der Waals surface area contributed by atoms with Gasteiger partial charge in [-0.3, -0.25) is 4.57 Å². The lowest BCUT2D eigenvalue weighted by Crippen LogP contribution is -2.59. The lowest BCUT2D eigenvalue weighted by atomic mass is 9.99. The maximum atomic E-state index is 10.0. The van der Waals surface area contributed by atoms with Crippen LogP contribution < -0.4 is 5.73 Å². The topological polar surface area (TPSA) is 178 Å². The van der Waals surface area contributed by atoms with Gasteiger partial charge < -0.3 is 40.4 Å². The van der Waals surface area contributed by atoms with Gasteiger partial charge in [-0.15, -0.1) is 0 Å². The fourth-order valence-corrected chi connectivity index (χ4v) is 3.19. The molecule has 0 spiro atoms. The fraction of sp³-hybridized carbons (Fsp3) is 0.562. The third-order valence-electron chi connectivity index (χ3n) is 4.74. The van der Waals surface area contributed by atoms with Gasteiger partial charge in [-0.25, -0.2) is 15.0 Å². The van der Waals surface area contributed by atoms with Crippen molar-refractivity contribution in [2.24, 2.45) is 0 Å². The highest BCUT2D eigenvalue weighted by atomic mass is 16.7. The molecule has 12 nitrogen and oxygen atoms in total. The molecule has 0 aromatic carbocycles. The minimum absolute atomic E-state index is 0.0133. The van der Waals surface area contributed by atoms with E-state index in [2.05, 4.69) is 15.0 Å². The molecular formula is C16H21N5O7. The molecule has 0 amide bonds. The number of imidazole rings is 1. The third kappa shape index (κ3) is 3.35. The van der Waals surface area contributed by atoms with Gasteiger partial charge in [-0.1, -0.05) is 6.08 Å². The first-order valence-corrected chi connectivity index (χ1v) is 8.68. The van der Waals surface area contributed by atoms with Crippen LogP contribution in [0.4, 0.5) is 5.82 Å². The number of fused-ring (bicyclic) bond motifs is 1. The molecule has 2 aromatic heterocycles. The Morgan fingerprint density at radius 2 is 1.89 bits per heavy atom. The van der Waals surface area contributed by atoms with Crippen LogP contribution in [0.2, 0.25) is 0 Å². The molecule has 1 unspecified atom stereocenters. The van der Waals surface area contributed by atoms with Crippen LogP contribution in [0.15, 0.2) is 24.8 Å². The monoisotopic (exact) mass is 395 g/mol. The summed E-state index contributed by atoms with van der Waals surface area (Å²) < 4.78 is 18.4. The van der Waals surface area contributed by atoms with Crippen LogP contribution in [0.1, 0.15) is 6.23 Å². The number of nitrogen functional groups attached to an aromatic ring is 1. The molecule has 4 rings (SSSR count). The summed E-state index contributed by atoms with van der Waals surface area (Å²) in [7, 11) is 0. The zero-order chi connectivity index (χ0) is 19.8. The zero-order valence-electron chi connectivity index (χ0n) is 14.6. The molecule has 1 fully saturated rings. The van der Waals surface area contributed by atoms with E-state index in [-0.39, 0.29) is 12.4 Å². The normalized spacial score (nSPS) is 35.6. The molecule has 1 saturated heterocycles. The summed E-state index contributed by atoms with van der Waals surface area (Å²) in [6, 6.07) is 0. The molecule has 152 valence electrons. The molecule has 4 heterocycles. The van der Waals surface area contributed by atoms with Gasteiger partial charge in [0.25, 0.3) is 0 Å². The number of rotatable bonds is 5. The largest absolute Gasteiger partial charge is 0.394 e. The van der Waals surface area contributed by atoms with E-state index in [0.29, 0.717) is 11.2 Å². The Kier molecular flexibility index (Phi) is 5.25. The van der Waals surface area contributed by atoms with Gasteiger partial charge in [0.1, 0.15) is 42.4 Å². The SMILES string of the molecule is Nc1ncnc2c1ncn2[C@H]1C=C[C@@H](COC2O[C@H](CO)[C@H](O)[C@H](O)[C@H]2O)O1. The maximum Gasteiger partial charge on any atom is 0.186 e. The molecular weight excluding hydrogens is 374 g/mol. The van der Waals surface area contributed by atoms with Crippen LogP contribution >= 0.6 is 0 Å². The highest BCUT2D eigenvalue weighted by Crippen LogP contribution is 2.27. The first-order chi connectivity index (χ1) is 13.5. The van der Waals surface area contributed by atoms with E-state index in [1.807, 2.05) is 0 Å². The number of hydrogen-bond donors (Lipinski definition) is 5. The standard InChI is InChI=1S/C16H21N5O7/c17-14-10-15(19-5-18-14)21(6-20-10)9-2-1-7(27-9)4-26-16-13(25)12(24)11(23)8(3-22)28-16/h1-2,5-9,11-13,16,22-25H,3-4H2,(H2,17,18,19)/t7-,8+,9+,11-,12-,13+,16?/m0/s1. The quantitative estimate of drug-likeness (QED) is 0.343. The summed E-state index contributed by atoms with van der Waals surface area (Å²) in [5, 5.41) is 38.8.